The molecule has 0 saturated heterocycles. The third-order valence-electron chi connectivity index (χ3n) is 2.27. The Bertz CT molecular complexity index is 532. The van der Waals surface area contributed by atoms with E-state index in [1.165, 1.54) is 6.26 Å². The Labute approximate surface area is 108 Å². The molecule has 0 radical (unpaired) electrons. The van der Waals surface area contributed by atoms with Crippen LogP contribution in [0.5, 0.6) is 0 Å². The highest BCUT2D eigenvalue weighted by Crippen LogP contribution is 2.21. The fraction of sp³-hybridized carbons (Fsp3) is 0.167. The van der Waals surface area contributed by atoms with Crippen LogP contribution < -0.4 is 11.1 Å². The Kier molecular flexibility index (Phi) is 3.78. The van der Waals surface area contributed by atoms with Gasteiger partial charge in [-0.1, -0.05) is 6.07 Å². The summed E-state index contributed by atoms with van der Waals surface area (Å²) in [7, 11) is 0. The van der Waals surface area contributed by atoms with Gasteiger partial charge in [-0.15, -0.1) is 11.3 Å². The number of rotatable bonds is 3. The van der Waals surface area contributed by atoms with E-state index in [1.54, 1.807) is 23.5 Å². The molecule has 2 aromatic heterocycles. The van der Waals surface area contributed by atoms with Crippen molar-refractivity contribution in [2.24, 2.45) is 10.7 Å². The van der Waals surface area contributed by atoms with Gasteiger partial charge in [-0.25, -0.2) is 4.99 Å². The number of guanidine groups is 1. The van der Waals surface area contributed by atoms with E-state index < -0.39 is 5.91 Å². The van der Waals surface area contributed by atoms with Crippen molar-refractivity contribution in [1.82, 2.24) is 5.32 Å². The molecule has 18 heavy (non-hydrogen) atoms. The molecule has 0 aliphatic heterocycles. The molecule has 94 valence electrons. The Morgan fingerprint density at radius 3 is 2.94 bits per heavy atom. The number of carbonyl (C=O) groups excluding carboxylic acids is 1. The molecule has 6 heteroatoms. The second-order valence-electron chi connectivity index (χ2n) is 3.64. The molecule has 3 N–H and O–H groups in total. The molecule has 0 bridgehead atoms. The van der Waals surface area contributed by atoms with Crippen molar-refractivity contribution in [3.63, 3.8) is 0 Å². The first-order valence-corrected chi connectivity index (χ1v) is 6.26. The minimum Gasteiger partial charge on any atom is -0.459 e. The molecule has 0 spiro atoms. The van der Waals surface area contributed by atoms with Crippen LogP contribution in [0.1, 0.15) is 28.4 Å². The van der Waals surface area contributed by atoms with Gasteiger partial charge in [-0.2, -0.15) is 0 Å². The normalized spacial score (nSPS) is 13.3. The molecule has 1 atom stereocenters. The van der Waals surface area contributed by atoms with Crippen LogP contribution in [0.3, 0.4) is 0 Å². The highest BCUT2D eigenvalue weighted by atomic mass is 32.1. The van der Waals surface area contributed by atoms with Crippen molar-refractivity contribution < 1.29 is 9.21 Å². The molecular formula is C12H13N3O2S. The number of amides is 1. The molecule has 5 nitrogen and oxygen atoms in total. The second kappa shape index (κ2) is 5.50. The first kappa shape index (κ1) is 12.4. The van der Waals surface area contributed by atoms with Gasteiger partial charge in [-0.05, 0) is 30.5 Å². The molecule has 0 aliphatic rings. The number of nitrogens with two attached hydrogens (primary N) is 1. The minimum atomic E-state index is -0.403. The SMILES string of the molecule is CC(N=C(N)NC(=O)c1ccco1)c1cccs1. The third kappa shape index (κ3) is 2.98. The fourth-order valence-corrected chi connectivity index (χ4v) is 2.14. The summed E-state index contributed by atoms with van der Waals surface area (Å²) in [5.74, 6) is -0.117. The summed E-state index contributed by atoms with van der Waals surface area (Å²) in [6.07, 6.45) is 1.43. The zero-order valence-electron chi connectivity index (χ0n) is 9.79. The van der Waals surface area contributed by atoms with Crippen LogP contribution >= 0.6 is 11.3 Å². The molecule has 2 rings (SSSR count). The summed E-state index contributed by atoms with van der Waals surface area (Å²) in [5.41, 5.74) is 5.67. The predicted octanol–water partition coefficient (Wildman–Crippen LogP) is 2.15. The molecular weight excluding hydrogens is 250 g/mol. The lowest BCUT2D eigenvalue weighted by Crippen LogP contribution is -2.36. The molecule has 0 aromatic carbocycles. The number of nitrogens with zero attached hydrogens (tertiary/aromatic N) is 1. The van der Waals surface area contributed by atoms with Gasteiger partial charge in [0.2, 0.25) is 0 Å². The van der Waals surface area contributed by atoms with E-state index in [9.17, 15) is 4.79 Å². The van der Waals surface area contributed by atoms with Gasteiger partial charge < -0.3 is 10.2 Å². The van der Waals surface area contributed by atoms with Gasteiger partial charge in [0.1, 0.15) is 0 Å². The van der Waals surface area contributed by atoms with Gasteiger partial charge in [0.25, 0.3) is 5.91 Å². The lowest BCUT2D eigenvalue weighted by molar-refractivity contribution is 0.0949. The van der Waals surface area contributed by atoms with Crippen molar-refractivity contribution in [3.8, 4) is 0 Å². The summed E-state index contributed by atoms with van der Waals surface area (Å²) in [6, 6.07) is 7.04. The summed E-state index contributed by atoms with van der Waals surface area (Å²) in [5, 5.41) is 4.45. The molecule has 0 saturated carbocycles. The van der Waals surface area contributed by atoms with Crippen molar-refractivity contribution >= 4 is 23.2 Å². The average Bonchev–Trinajstić information content (AvgIpc) is 3.02. The molecule has 0 aliphatic carbocycles. The maximum absolute atomic E-state index is 11.6. The zero-order chi connectivity index (χ0) is 13.0. The van der Waals surface area contributed by atoms with E-state index in [0.29, 0.717) is 0 Å². The van der Waals surface area contributed by atoms with E-state index in [4.69, 9.17) is 10.2 Å². The Morgan fingerprint density at radius 2 is 2.33 bits per heavy atom. The van der Waals surface area contributed by atoms with Crippen LogP contribution in [-0.2, 0) is 0 Å². The molecule has 0 fully saturated rings. The van der Waals surface area contributed by atoms with Crippen molar-refractivity contribution in [1.29, 1.82) is 0 Å². The van der Waals surface area contributed by atoms with Gasteiger partial charge in [0, 0.05) is 4.88 Å². The maximum Gasteiger partial charge on any atom is 0.293 e. The van der Waals surface area contributed by atoms with Crippen LogP contribution in [0.4, 0.5) is 0 Å². The van der Waals surface area contributed by atoms with E-state index >= 15 is 0 Å². The third-order valence-corrected chi connectivity index (χ3v) is 3.32. The largest absolute Gasteiger partial charge is 0.459 e. The standard InChI is InChI=1S/C12H13N3O2S/c1-8(10-5-3-7-18-10)14-12(13)15-11(16)9-4-2-6-17-9/h2-8H,1H3,(H3,13,14,15,16). The summed E-state index contributed by atoms with van der Waals surface area (Å²) >= 11 is 1.60. The van der Waals surface area contributed by atoms with Gasteiger partial charge in [-0.3, -0.25) is 10.1 Å². The van der Waals surface area contributed by atoms with Gasteiger partial charge in [0.05, 0.1) is 12.3 Å². The van der Waals surface area contributed by atoms with Crippen molar-refractivity contribution in [3.05, 3.63) is 46.5 Å². The number of carbonyl (C=O) groups is 1. The summed E-state index contributed by atoms with van der Waals surface area (Å²) in [6.45, 7) is 1.91. The Balaban J connectivity index is 1.99. The summed E-state index contributed by atoms with van der Waals surface area (Å²) < 4.78 is 4.95. The first-order valence-electron chi connectivity index (χ1n) is 5.38. The highest BCUT2D eigenvalue weighted by molar-refractivity contribution is 7.10. The van der Waals surface area contributed by atoms with Crippen molar-refractivity contribution in [2.75, 3.05) is 0 Å². The van der Waals surface area contributed by atoms with E-state index in [2.05, 4.69) is 10.3 Å². The lowest BCUT2D eigenvalue weighted by atomic mass is 10.3. The number of hydrogen-bond acceptors (Lipinski definition) is 4. The Hall–Kier alpha value is -2.08. The maximum atomic E-state index is 11.6. The number of nitrogens with one attached hydrogen (secondary N) is 1. The monoisotopic (exact) mass is 263 g/mol. The minimum absolute atomic E-state index is 0.0808. The topological polar surface area (TPSA) is 80.6 Å². The first-order chi connectivity index (χ1) is 8.66. The molecule has 2 heterocycles. The molecule has 2 aromatic rings. The van der Waals surface area contributed by atoms with E-state index in [1.807, 2.05) is 24.4 Å². The number of hydrogen-bond donors (Lipinski definition) is 2. The lowest BCUT2D eigenvalue weighted by Gasteiger charge is -2.06. The number of furan rings is 1. The zero-order valence-corrected chi connectivity index (χ0v) is 10.6. The number of aliphatic imine (C=N–C) groups is 1. The fourth-order valence-electron chi connectivity index (χ4n) is 1.42. The van der Waals surface area contributed by atoms with Gasteiger partial charge in [0.15, 0.2) is 11.7 Å². The smallest absolute Gasteiger partial charge is 0.293 e. The molecule has 1 amide bonds. The second-order valence-corrected chi connectivity index (χ2v) is 4.62. The predicted molar refractivity (Wildman–Crippen MR) is 70.5 cm³/mol. The van der Waals surface area contributed by atoms with Crippen LogP contribution in [0, 0.1) is 0 Å². The summed E-state index contributed by atoms with van der Waals surface area (Å²) in [4.78, 5) is 16.9. The average molecular weight is 263 g/mol. The Morgan fingerprint density at radius 1 is 1.50 bits per heavy atom. The number of thiophene rings is 1. The van der Waals surface area contributed by atoms with Crippen LogP contribution in [0.2, 0.25) is 0 Å². The van der Waals surface area contributed by atoms with Crippen LogP contribution in [0.25, 0.3) is 0 Å². The highest BCUT2D eigenvalue weighted by Gasteiger charge is 2.11. The quantitative estimate of drug-likeness (QED) is 0.657. The van der Waals surface area contributed by atoms with Crippen molar-refractivity contribution in [2.45, 2.75) is 13.0 Å². The van der Waals surface area contributed by atoms with Crippen LogP contribution in [-0.4, -0.2) is 11.9 Å². The van der Waals surface area contributed by atoms with Crippen LogP contribution in [0.15, 0.2) is 45.3 Å². The van der Waals surface area contributed by atoms with E-state index in [-0.39, 0.29) is 17.8 Å². The van der Waals surface area contributed by atoms with Gasteiger partial charge >= 0.3 is 0 Å². The molecule has 1 unspecified atom stereocenters. The van der Waals surface area contributed by atoms with E-state index in [0.717, 1.165) is 4.88 Å².